The van der Waals surface area contributed by atoms with Gasteiger partial charge in [-0.2, -0.15) is 0 Å². The van der Waals surface area contributed by atoms with E-state index >= 15 is 0 Å². The predicted octanol–water partition coefficient (Wildman–Crippen LogP) is 4.54. The van der Waals surface area contributed by atoms with Crippen molar-refractivity contribution in [2.24, 2.45) is 0 Å². The summed E-state index contributed by atoms with van der Waals surface area (Å²) in [6.07, 6.45) is 1.27. The first-order chi connectivity index (χ1) is 17.6. The molecule has 7 nitrogen and oxygen atoms in total. The van der Waals surface area contributed by atoms with Crippen LogP contribution in [0.2, 0.25) is 10.0 Å². The number of anilines is 1. The molecule has 0 aromatic heterocycles. The molecule has 0 saturated carbocycles. The topological polar surface area (TPSA) is 86.8 Å². The van der Waals surface area contributed by atoms with E-state index in [4.69, 9.17) is 23.2 Å². The lowest BCUT2D eigenvalue weighted by atomic mass is 10.0. The van der Waals surface area contributed by atoms with Gasteiger partial charge >= 0.3 is 0 Å². The quantitative estimate of drug-likeness (QED) is 0.372. The van der Waals surface area contributed by atoms with E-state index < -0.39 is 28.5 Å². The fourth-order valence-electron chi connectivity index (χ4n) is 3.89. The lowest BCUT2D eigenvalue weighted by molar-refractivity contribution is -0.140. The summed E-state index contributed by atoms with van der Waals surface area (Å²) in [6.45, 7) is 1.66. The first-order valence-electron chi connectivity index (χ1n) is 11.7. The number of rotatable bonds is 11. The van der Waals surface area contributed by atoms with Gasteiger partial charge in [0.1, 0.15) is 12.6 Å². The number of likely N-dealkylation sites (N-methyl/N-ethyl adjacent to an activating group) is 1. The number of carbonyl (C=O) groups is 2. The molecule has 0 aliphatic heterocycles. The van der Waals surface area contributed by atoms with E-state index in [1.165, 1.54) is 4.90 Å². The predicted molar refractivity (Wildman–Crippen MR) is 148 cm³/mol. The average molecular weight is 563 g/mol. The standard InChI is InChI=1S/C27H29Cl2N3O4S/c1-3-30-27(34)25(16-20-10-6-4-7-11-20)31(18-21-14-15-22(28)17-24(21)29)26(33)19-32(37(2,35)36)23-12-8-5-9-13-23/h4-15,17,25H,3,16,18-19H2,1-2H3,(H,30,34)/t25-/m0/s1. The number of benzene rings is 3. The minimum Gasteiger partial charge on any atom is -0.355 e. The zero-order chi connectivity index (χ0) is 27.0. The van der Waals surface area contributed by atoms with Crippen molar-refractivity contribution in [3.05, 3.63) is 100 Å². The Morgan fingerprint density at radius 2 is 1.57 bits per heavy atom. The molecule has 1 N–H and O–H groups in total. The van der Waals surface area contributed by atoms with Gasteiger partial charge in [-0.25, -0.2) is 8.42 Å². The van der Waals surface area contributed by atoms with Gasteiger partial charge in [0.2, 0.25) is 21.8 Å². The minimum atomic E-state index is -3.81. The largest absolute Gasteiger partial charge is 0.355 e. The van der Waals surface area contributed by atoms with Crippen LogP contribution in [0.1, 0.15) is 18.1 Å². The van der Waals surface area contributed by atoms with Crippen LogP contribution in [-0.2, 0) is 32.6 Å². The van der Waals surface area contributed by atoms with Crippen molar-refractivity contribution in [2.75, 3.05) is 23.7 Å². The first kappa shape index (κ1) is 28.5. The molecule has 0 aliphatic rings. The lowest BCUT2D eigenvalue weighted by Gasteiger charge is -2.33. The second kappa shape index (κ2) is 12.9. The van der Waals surface area contributed by atoms with Crippen LogP contribution in [0.5, 0.6) is 0 Å². The van der Waals surface area contributed by atoms with Gasteiger partial charge in [0.05, 0.1) is 11.9 Å². The van der Waals surface area contributed by atoms with Crippen molar-refractivity contribution in [3.63, 3.8) is 0 Å². The van der Waals surface area contributed by atoms with Gasteiger partial charge in [0.15, 0.2) is 0 Å². The van der Waals surface area contributed by atoms with E-state index in [1.807, 2.05) is 30.3 Å². The maximum Gasteiger partial charge on any atom is 0.244 e. The Hall–Kier alpha value is -3.07. The zero-order valence-corrected chi connectivity index (χ0v) is 22.9. The maximum absolute atomic E-state index is 13.9. The molecule has 0 heterocycles. The fraction of sp³-hybridized carbons (Fsp3) is 0.259. The van der Waals surface area contributed by atoms with Crippen LogP contribution in [0, 0.1) is 0 Å². The summed E-state index contributed by atoms with van der Waals surface area (Å²) in [5, 5.41) is 3.58. The number of nitrogens with one attached hydrogen (secondary N) is 1. The second-order valence-corrected chi connectivity index (χ2v) is 11.2. The summed E-state index contributed by atoms with van der Waals surface area (Å²) >= 11 is 12.5. The molecule has 0 unspecified atom stereocenters. The van der Waals surface area contributed by atoms with Crippen LogP contribution in [-0.4, -0.2) is 50.5 Å². The molecule has 1 atom stereocenters. The first-order valence-corrected chi connectivity index (χ1v) is 14.3. The van der Waals surface area contributed by atoms with E-state index in [-0.39, 0.29) is 18.9 Å². The Labute approximate surface area is 228 Å². The highest BCUT2D eigenvalue weighted by atomic mass is 35.5. The van der Waals surface area contributed by atoms with E-state index in [1.54, 1.807) is 55.5 Å². The van der Waals surface area contributed by atoms with E-state index in [0.29, 0.717) is 27.8 Å². The Morgan fingerprint density at radius 3 is 2.14 bits per heavy atom. The van der Waals surface area contributed by atoms with Gasteiger partial charge in [-0.1, -0.05) is 77.8 Å². The van der Waals surface area contributed by atoms with Crippen molar-refractivity contribution in [1.82, 2.24) is 10.2 Å². The summed E-state index contributed by atoms with van der Waals surface area (Å²) in [5.74, 6) is -0.900. The average Bonchev–Trinajstić information content (AvgIpc) is 2.86. The van der Waals surface area contributed by atoms with Crippen LogP contribution < -0.4 is 9.62 Å². The minimum absolute atomic E-state index is 0.0180. The number of carbonyl (C=O) groups excluding carboxylic acids is 2. The Kier molecular flexibility index (Phi) is 9.97. The molecule has 0 spiro atoms. The SMILES string of the molecule is CCNC(=O)[C@H](Cc1ccccc1)N(Cc1ccc(Cl)cc1Cl)C(=O)CN(c1ccccc1)S(C)(=O)=O. The van der Waals surface area contributed by atoms with Crippen LogP contribution in [0.15, 0.2) is 78.9 Å². The van der Waals surface area contributed by atoms with Crippen LogP contribution in [0.25, 0.3) is 0 Å². The van der Waals surface area contributed by atoms with Crippen molar-refractivity contribution in [3.8, 4) is 0 Å². The van der Waals surface area contributed by atoms with Gasteiger partial charge in [-0.3, -0.25) is 13.9 Å². The summed E-state index contributed by atoms with van der Waals surface area (Å²) in [5.41, 5.74) is 1.77. The monoisotopic (exact) mass is 561 g/mol. The number of sulfonamides is 1. The smallest absolute Gasteiger partial charge is 0.244 e. The summed E-state index contributed by atoms with van der Waals surface area (Å²) < 4.78 is 26.4. The third-order valence-corrected chi connectivity index (χ3v) is 7.43. The van der Waals surface area contributed by atoms with E-state index in [0.717, 1.165) is 16.1 Å². The number of hydrogen-bond acceptors (Lipinski definition) is 4. The molecule has 0 bridgehead atoms. The maximum atomic E-state index is 13.9. The van der Waals surface area contributed by atoms with Crippen LogP contribution in [0.3, 0.4) is 0 Å². The molecule has 3 rings (SSSR count). The van der Waals surface area contributed by atoms with Gasteiger partial charge in [-0.05, 0) is 42.3 Å². The Balaban J connectivity index is 2.05. The molecular formula is C27H29Cl2N3O4S. The second-order valence-electron chi connectivity index (χ2n) is 8.46. The molecule has 2 amide bonds. The summed E-state index contributed by atoms with van der Waals surface area (Å²) in [4.78, 5) is 28.5. The molecule has 0 saturated heterocycles. The van der Waals surface area contributed by atoms with Crippen LogP contribution in [0.4, 0.5) is 5.69 Å². The Bertz CT molecular complexity index is 1320. The van der Waals surface area contributed by atoms with Crippen LogP contribution >= 0.6 is 23.2 Å². The lowest BCUT2D eigenvalue weighted by Crippen LogP contribution is -2.53. The summed E-state index contributed by atoms with van der Waals surface area (Å²) in [6, 6.07) is 21.7. The molecular weight excluding hydrogens is 533 g/mol. The molecule has 196 valence electrons. The number of para-hydroxylation sites is 1. The van der Waals surface area contributed by atoms with Crippen molar-refractivity contribution < 1.29 is 18.0 Å². The number of hydrogen-bond donors (Lipinski definition) is 1. The highest BCUT2D eigenvalue weighted by Crippen LogP contribution is 2.25. The molecule has 10 heteroatoms. The van der Waals surface area contributed by atoms with Gasteiger partial charge in [0, 0.05) is 29.6 Å². The van der Waals surface area contributed by atoms with Crippen molar-refractivity contribution in [2.45, 2.75) is 25.9 Å². The molecule has 37 heavy (non-hydrogen) atoms. The number of halogens is 2. The van der Waals surface area contributed by atoms with Gasteiger partial charge in [-0.15, -0.1) is 0 Å². The zero-order valence-electron chi connectivity index (χ0n) is 20.6. The highest BCUT2D eigenvalue weighted by Gasteiger charge is 2.33. The number of nitrogens with zero attached hydrogens (tertiary/aromatic N) is 2. The molecule has 0 aliphatic carbocycles. The van der Waals surface area contributed by atoms with Gasteiger partial charge in [0.25, 0.3) is 0 Å². The molecule has 0 fully saturated rings. The van der Waals surface area contributed by atoms with Gasteiger partial charge < -0.3 is 10.2 Å². The Morgan fingerprint density at radius 1 is 0.946 bits per heavy atom. The highest BCUT2D eigenvalue weighted by molar-refractivity contribution is 7.92. The number of amides is 2. The fourth-order valence-corrected chi connectivity index (χ4v) is 5.21. The third-order valence-electron chi connectivity index (χ3n) is 5.70. The normalized spacial score (nSPS) is 12.0. The summed E-state index contributed by atoms with van der Waals surface area (Å²) in [7, 11) is -3.81. The van der Waals surface area contributed by atoms with Crippen molar-refractivity contribution in [1.29, 1.82) is 0 Å². The van der Waals surface area contributed by atoms with E-state index in [2.05, 4.69) is 5.32 Å². The van der Waals surface area contributed by atoms with E-state index in [9.17, 15) is 18.0 Å². The molecule has 0 radical (unpaired) electrons. The molecule has 3 aromatic carbocycles. The van der Waals surface area contributed by atoms with Crippen molar-refractivity contribution >= 4 is 50.7 Å². The third kappa shape index (κ3) is 7.95. The molecule has 3 aromatic rings.